The minimum atomic E-state index is -0.346. The van der Waals surface area contributed by atoms with Crippen molar-refractivity contribution in [3.63, 3.8) is 0 Å². The largest absolute Gasteiger partial charge is 0.392 e. The lowest BCUT2D eigenvalue weighted by atomic mass is 10.1. The zero-order valence-corrected chi connectivity index (χ0v) is 13.4. The molecule has 0 fully saturated rings. The van der Waals surface area contributed by atoms with Crippen LogP contribution in [-0.4, -0.2) is 17.0 Å². The molecule has 0 aliphatic carbocycles. The molecule has 0 spiro atoms. The van der Waals surface area contributed by atoms with Crippen molar-refractivity contribution in [2.24, 2.45) is 0 Å². The van der Waals surface area contributed by atoms with E-state index >= 15 is 0 Å². The van der Waals surface area contributed by atoms with E-state index in [2.05, 4.69) is 15.9 Å². The fourth-order valence-electron chi connectivity index (χ4n) is 1.67. The lowest BCUT2D eigenvalue weighted by molar-refractivity contribution is 0.200. The van der Waals surface area contributed by atoms with Gasteiger partial charge in [0, 0.05) is 20.1 Å². The zero-order chi connectivity index (χ0) is 13.7. The van der Waals surface area contributed by atoms with Crippen LogP contribution in [0.2, 0.25) is 5.02 Å². The summed E-state index contributed by atoms with van der Waals surface area (Å²) >= 11 is 10.9. The molecule has 2 rings (SSSR count). The van der Waals surface area contributed by atoms with Crippen LogP contribution in [0.25, 0.3) is 0 Å². The van der Waals surface area contributed by atoms with Gasteiger partial charge in [-0.2, -0.15) is 0 Å². The Balaban J connectivity index is 1.82. The predicted octanol–water partition coefficient (Wildman–Crippen LogP) is 4.80. The molecular formula is C15H14BrClOS. The standard InChI is InChI=1S/C15H14BrClOS/c16-12-3-1-11(2-4-12)9-14(18)10-19-15-7-5-13(17)6-8-15/h1-8,14,18H,9-10H2. The first-order valence-corrected chi connectivity index (χ1v) is 8.10. The van der Waals surface area contributed by atoms with Gasteiger partial charge < -0.3 is 5.11 Å². The molecule has 0 bridgehead atoms. The van der Waals surface area contributed by atoms with Gasteiger partial charge in [-0.15, -0.1) is 11.8 Å². The van der Waals surface area contributed by atoms with Gasteiger partial charge >= 0.3 is 0 Å². The maximum absolute atomic E-state index is 10.0. The number of hydrogen-bond acceptors (Lipinski definition) is 2. The van der Waals surface area contributed by atoms with Gasteiger partial charge in [-0.05, 0) is 48.4 Å². The van der Waals surface area contributed by atoms with Crippen LogP contribution < -0.4 is 0 Å². The molecule has 0 saturated carbocycles. The quantitative estimate of drug-likeness (QED) is 0.776. The van der Waals surface area contributed by atoms with Crippen molar-refractivity contribution in [2.45, 2.75) is 17.4 Å². The van der Waals surface area contributed by atoms with Crippen molar-refractivity contribution in [1.29, 1.82) is 0 Å². The molecule has 0 saturated heterocycles. The SMILES string of the molecule is OC(CSc1ccc(Cl)cc1)Cc1ccc(Br)cc1. The van der Waals surface area contributed by atoms with Crippen molar-refractivity contribution in [3.8, 4) is 0 Å². The van der Waals surface area contributed by atoms with Crippen LogP contribution in [0, 0.1) is 0 Å². The molecular weight excluding hydrogens is 344 g/mol. The van der Waals surface area contributed by atoms with E-state index in [-0.39, 0.29) is 6.10 Å². The average molecular weight is 358 g/mol. The lowest BCUT2D eigenvalue weighted by Crippen LogP contribution is -2.13. The van der Waals surface area contributed by atoms with Crippen LogP contribution in [0.1, 0.15) is 5.56 Å². The predicted molar refractivity (Wildman–Crippen MR) is 86.0 cm³/mol. The molecule has 0 radical (unpaired) electrons. The Kier molecular flexibility index (Phi) is 5.76. The monoisotopic (exact) mass is 356 g/mol. The lowest BCUT2D eigenvalue weighted by Gasteiger charge is -2.10. The summed E-state index contributed by atoms with van der Waals surface area (Å²) in [5, 5.41) is 10.8. The van der Waals surface area contributed by atoms with Crippen molar-refractivity contribution < 1.29 is 5.11 Å². The summed E-state index contributed by atoms with van der Waals surface area (Å²) in [7, 11) is 0. The highest BCUT2D eigenvalue weighted by molar-refractivity contribution is 9.10. The van der Waals surface area contributed by atoms with E-state index in [0.717, 1.165) is 20.0 Å². The highest BCUT2D eigenvalue weighted by Gasteiger charge is 2.06. The molecule has 1 N–H and O–H groups in total. The van der Waals surface area contributed by atoms with E-state index in [4.69, 9.17) is 11.6 Å². The van der Waals surface area contributed by atoms with Crippen LogP contribution in [-0.2, 0) is 6.42 Å². The van der Waals surface area contributed by atoms with Gasteiger partial charge in [0.25, 0.3) is 0 Å². The maximum Gasteiger partial charge on any atom is 0.0674 e. The summed E-state index contributed by atoms with van der Waals surface area (Å²) in [6.07, 6.45) is 0.329. The number of halogens is 2. The van der Waals surface area contributed by atoms with Crippen LogP contribution >= 0.6 is 39.3 Å². The van der Waals surface area contributed by atoms with E-state index in [1.807, 2.05) is 48.5 Å². The first-order valence-electron chi connectivity index (χ1n) is 5.94. The number of hydrogen-bond donors (Lipinski definition) is 1. The first-order chi connectivity index (χ1) is 9.13. The highest BCUT2D eigenvalue weighted by Crippen LogP contribution is 2.22. The van der Waals surface area contributed by atoms with Gasteiger partial charge in [-0.1, -0.05) is 39.7 Å². The molecule has 0 heterocycles. The molecule has 1 nitrogen and oxygen atoms in total. The first kappa shape index (κ1) is 14.9. The summed E-state index contributed by atoms with van der Waals surface area (Å²) in [6, 6.07) is 15.7. The van der Waals surface area contributed by atoms with E-state index < -0.39 is 0 Å². The molecule has 0 aliphatic heterocycles. The number of thioether (sulfide) groups is 1. The second-order valence-electron chi connectivity index (χ2n) is 4.25. The smallest absolute Gasteiger partial charge is 0.0674 e. The third-order valence-corrected chi connectivity index (χ3v) is 4.58. The minimum absolute atomic E-state index is 0.346. The molecule has 100 valence electrons. The van der Waals surface area contributed by atoms with Gasteiger partial charge in [-0.3, -0.25) is 0 Å². The number of benzene rings is 2. The van der Waals surface area contributed by atoms with E-state index in [1.54, 1.807) is 11.8 Å². The molecule has 0 aromatic heterocycles. The number of aliphatic hydroxyl groups is 1. The number of rotatable bonds is 5. The van der Waals surface area contributed by atoms with Crippen LogP contribution in [0.5, 0.6) is 0 Å². The normalized spacial score (nSPS) is 12.4. The summed E-state index contributed by atoms with van der Waals surface area (Å²) in [6.45, 7) is 0. The Morgan fingerprint density at radius 3 is 2.32 bits per heavy atom. The molecule has 2 aromatic rings. The molecule has 0 amide bonds. The molecule has 1 atom stereocenters. The fourth-order valence-corrected chi connectivity index (χ4v) is 2.90. The van der Waals surface area contributed by atoms with Gasteiger partial charge in [0.1, 0.15) is 0 Å². The Morgan fingerprint density at radius 2 is 1.68 bits per heavy atom. The molecule has 0 aliphatic rings. The van der Waals surface area contributed by atoms with Crippen molar-refractivity contribution in [2.75, 3.05) is 5.75 Å². The third kappa shape index (κ3) is 5.19. The second kappa shape index (κ2) is 7.34. The molecule has 4 heteroatoms. The fraction of sp³-hybridized carbons (Fsp3) is 0.200. The van der Waals surface area contributed by atoms with Gasteiger partial charge in [0.2, 0.25) is 0 Å². The summed E-state index contributed by atoms with van der Waals surface area (Å²) in [5.74, 6) is 0.678. The van der Waals surface area contributed by atoms with Gasteiger partial charge in [0.05, 0.1) is 6.10 Å². The van der Waals surface area contributed by atoms with E-state index in [0.29, 0.717) is 12.2 Å². The van der Waals surface area contributed by atoms with Gasteiger partial charge in [-0.25, -0.2) is 0 Å². The van der Waals surface area contributed by atoms with Crippen LogP contribution in [0.4, 0.5) is 0 Å². The maximum atomic E-state index is 10.0. The van der Waals surface area contributed by atoms with Gasteiger partial charge in [0.15, 0.2) is 0 Å². The summed E-state index contributed by atoms with van der Waals surface area (Å²) in [4.78, 5) is 1.12. The summed E-state index contributed by atoms with van der Waals surface area (Å²) < 4.78 is 1.06. The Hall–Kier alpha value is -0.480. The number of aliphatic hydroxyl groups excluding tert-OH is 1. The third-order valence-electron chi connectivity index (χ3n) is 2.64. The van der Waals surface area contributed by atoms with Crippen LogP contribution in [0.3, 0.4) is 0 Å². The molecule has 2 aromatic carbocycles. The van der Waals surface area contributed by atoms with E-state index in [9.17, 15) is 5.11 Å². The molecule has 1 unspecified atom stereocenters. The zero-order valence-electron chi connectivity index (χ0n) is 10.2. The van der Waals surface area contributed by atoms with Crippen molar-refractivity contribution >= 4 is 39.3 Å². The summed E-state index contributed by atoms with van der Waals surface area (Å²) in [5.41, 5.74) is 1.15. The Bertz CT molecular complexity index is 513. The highest BCUT2D eigenvalue weighted by atomic mass is 79.9. The van der Waals surface area contributed by atoms with Crippen LogP contribution in [0.15, 0.2) is 57.9 Å². The van der Waals surface area contributed by atoms with Crippen molar-refractivity contribution in [3.05, 3.63) is 63.6 Å². The minimum Gasteiger partial charge on any atom is -0.392 e. The van der Waals surface area contributed by atoms with Crippen molar-refractivity contribution in [1.82, 2.24) is 0 Å². The Labute approximate surface area is 131 Å². The average Bonchev–Trinajstić information content (AvgIpc) is 2.41. The van der Waals surface area contributed by atoms with E-state index in [1.165, 1.54) is 0 Å². The second-order valence-corrected chi connectivity index (χ2v) is 6.69. The topological polar surface area (TPSA) is 20.2 Å². The molecule has 19 heavy (non-hydrogen) atoms. The Morgan fingerprint density at radius 1 is 1.05 bits per heavy atom.